The van der Waals surface area contributed by atoms with Gasteiger partial charge in [-0.1, -0.05) is 17.7 Å². The van der Waals surface area contributed by atoms with Crippen molar-refractivity contribution in [1.29, 1.82) is 5.26 Å². The lowest BCUT2D eigenvalue weighted by Crippen LogP contribution is -2.12. The Morgan fingerprint density at radius 1 is 1.25 bits per heavy atom. The molecule has 0 saturated carbocycles. The van der Waals surface area contributed by atoms with Gasteiger partial charge < -0.3 is 10.2 Å². The maximum Gasteiger partial charge on any atom is 0.138 e. The van der Waals surface area contributed by atoms with Crippen molar-refractivity contribution in [2.24, 2.45) is 0 Å². The summed E-state index contributed by atoms with van der Waals surface area (Å²) >= 11 is 0. The first-order chi connectivity index (χ1) is 9.70. The number of nitrogens with zero attached hydrogens (tertiary/aromatic N) is 4. The van der Waals surface area contributed by atoms with E-state index >= 15 is 0 Å². The molecule has 5 nitrogen and oxygen atoms in total. The van der Waals surface area contributed by atoms with Gasteiger partial charge >= 0.3 is 0 Å². The van der Waals surface area contributed by atoms with Gasteiger partial charge in [-0.3, -0.25) is 0 Å². The molecule has 0 aliphatic rings. The number of nitrogens with one attached hydrogen (secondary N) is 1. The molecule has 1 aromatic carbocycles. The topological polar surface area (TPSA) is 64.8 Å². The summed E-state index contributed by atoms with van der Waals surface area (Å²) in [5.74, 6) is 1.53. The first-order valence-corrected chi connectivity index (χ1v) is 6.44. The Balaban J connectivity index is 2.13. The minimum Gasteiger partial charge on any atom is -0.369 e. The van der Waals surface area contributed by atoms with Crippen LogP contribution in [0, 0.1) is 18.3 Å². The van der Waals surface area contributed by atoms with E-state index < -0.39 is 0 Å². The summed E-state index contributed by atoms with van der Waals surface area (Å²) in [5.41, 5.74) is 2.29. The Kier molecular flexibility index (Phi) is 4.51. The third kappa shape index (κ3) is 3.45. The molecular weight excluding hydrogens is 250 g/mol. The highest BCUT2D eigenvalue weighted by Gasteiger charge is 2.06. The molecule has 2 aromatic rings. The number of aryl methyl sites for hydroxylation is 1. The van der Waals surface area contributed by atoms with Crippen LogP contribution in [0.5, 0.6) is 0 Å². The first kappa shape index (κ1) is 13.8. The van der Waals surface area contributed by atoms with Crippen LogP contribution in [-0.4, -0.2) is 23.6 Å². The van der Waals surface area contributed by atoms with Crippen molar-refractivity contribution in [2.45, 2.75) is 13.3 Å². The van der Waals surface area contributed by atoms with E-state index in [-0.39, 0.29) is 0 Å². The van der Waals surface area contributed by atoms with E-state index in [0.29, 0.717) is 13.0 Å². The molecule has 20 heavy (non-hydrogen) atoms. The van der Waals surface area contributed by atoms with Gasteiger partial charge in [0.1, 0.15) is 18.0 Å². The van der Waals surface area contributed by atoms with Gasteiger partial charge in [-0.05, 0) is 19.1 Å². The summed E-state index contributed by atoms with van der Waals surface area (Å²) in [6.45, 7) is 2.65. The van der Waals surface area contributed by atoms with E-state index in [4.69, 9.17) is 5.26 Å². The predicted molar refractivity (Wildman–Crippen MR) is 80.0 cm³/mol. The van der Waals surface area contributed by atoms with Crippen LogP contribution in [0.3, 0.4) is 0 Å². The molecule has 0 bridgehead atoms. The van der Waals surface area contributed by atoms with Gasteiger partial charge in [0.05, 0.1) is 12.5 Å². The monoisotopic (exact) mass is 267 g/mol. The zero-order valence-electron chi connectivity index (χ0n) is 11.7. The Labute approximate surface area is 118 Å². The SMILES string of the molecule is Cc1ccc(N(C)c2cc(NCCC#N)ncn2)cc1. The fourth-order valence-corrected chi connectivity index (χ4v) is 1.77. The van der Waals surface area contributed by atoms with Gasteiger partial charge in [0, 0.05) is 25.3 Å². The number of hydrogen-bond donors (Lipinski definition) is 1. The molecule has 0 aliphatic carbocycles. The third-order valence-corrected chi connectivity index (χ3v) is 2.96. The molecule has 102 valence electrons. The van der Waals surface area contributed by atoms with Crippen LogP contribution in [0.15, 0.2) is 36.7 Å². The maximum atomic E-state index is 8.53. The molecular formula is C15H17N5. The minimum atomic E-state index is 0.452. The largest absolute Gasteiger partial charge is 0.369 e. The van der Waals surface area contributed by atoms with Crippen molar-refractivity contribution in [2.75, 3.05) is 23.8 Å². The molecule has 0 radical (unpaired) electrons. The van der Waals surface area contributed by atoms with Crippen molar-refractivity contribution < 1.29 is 0 Å². The van der Waals surface area contributed by atoms with Gasteiger partial charge in [0.2, 0.25) is 0 Å². The molecule has 1 aromatic heterocycles. The van der Waals surface area contributed by atoms with E-state index in [9.17, 15) is 0 Å². The summed E-state index contributed by atoms with van der Waals surface area (Å²) in [7, 11) is 1.96. The van der Waals surface area contributed by atoms with Crippen LogP contribution in [0.4, 0.5) is 17.3 Å². The number of hydrogen-bond acceptors (Lipinski definition) is 5. The number of nitriles is 1. The fourth-order valence-electron chi connectivity index (χ4n) is 1.77. The molecule has 0 amide bonds. The van der Waals surface area contributed by atoms with E-state index in [1.807, 2.05) is 18.0 Å². The minimum absolute atomic E-state index is 0.452. The smallest absolute Gasteiger partial charge is 0.138 e. The van der Waals surface area contributed by atoms with E-state index in [0.717, 1.165) is 17.3 Å². The molecule has 5 heteroatoms. The molecule has 2 rings (SSSR count). The van der Waals surface area contributed by atoms with Crippen molar-refractivity contribution in [1.82, 2.24) is 9.97 Å². The number of aromatic nitrogens is 2. The lowest BCUT2D eigenvalue weighted by atomic mass is 10.2. The second-order valence-corrected chi connectivity index (χ2v) is 4.49. The Hall–Kier alpha value is -2.61. The highest BCUT2D eigenvalue weighted by Crippen LogP contribution is 2.22. The van der Waals surface area contributed by atoms with E-state index in [2.05, 4.69) is 52.5 Å². The van der Waals surface area contributed by atoms with Crippen LogP contribution in [0.1, 0.15) is 12.0 Å². The summed E-state index contributed by atoms with van der Waals surface area (Å²) in [5, 5.41) is 11.6. The highest BCUT2D eigenvalue weighted by atomic mass is 15.2. The van der Waals surface area contributed by atoms with Crippen molar-refractivity contribution >= 4 is 17.3 Å². The summed E-state index contributed by atoms with van der Waals surface area (Å²) < 4.78 is 0. The predicted octanol–water partition coefficient (Wildman–Crippen LogP) is 2.88. The lowest BCUT2D eigenvalue weighted by Gasteiger charge is -2.18. The molecule has 0 atom stereocenters. The first-order valence-electron chi connectivity index (χ1n) is 6.44. The normalized spacial score (nSPS) is 9.85. The highest BCUT2D eigenvalue weighted by molar-refractivity contribution is 5.61. The average molecular weight is 267 g/mol. The number of rotatable bonds is 5. The standard InChI is InChI=1S/C15H17N5/c1-12-4-6-13(7-5-12)20(2)15-10-14(18-11-19-15)17-9-3-8-16/h4-7,10-11H,3,9H2,1-2H3,(H,17,18,19). The maximum absolute atomic E-state index is 8.53. The van der Waals surface area contributed by atoms with Crippen molar-refractivity contribution in [3.05, 3.63) is 42.2 Å². The Bertz CT molecular complexity index is 600. The number of anilines is 3. The molecule has 0 unspecified atom stereocenters. The summed E-state index contributed by atoms with van der Waals surface area (Å²) in [4.78, 5) is 10.4. The lowest BCUT2D eigenvalue weighted by molar-refractivity contribution is 1.03. The van der Waals surface area contributed by atoms with Gasteiger partial charge in [0.15, 0.2) is 0 Å². The average Bonchev–Trinajstić information content (AvgIpc) is 2.48. The fraction of sp³-hybridized carbons (Fsp3) is 0.267. The van der Waals surface area contributed by atoms with Gasteiger partial charge in [-0.15, -0.1) is 0 Å². The quantitative estimate of drug-likeness (QED) is 0.844. The van der Waals surface area contributed by atoms with Gasteiger partial charge in [-0.2, -0.15) is 5.26 Å². The van der Waals surface area contributed by atoms with Crippen LogP contribution in [0.2, 0.25) is 0 Å². The van der Waals surface area contributed by atoms with Crippen molar-refractivity contribution in [3.8, 4) is 6.07 Å². The van der Waals surface area contributed by atoms with Crippen LogP contribution >= 0.6 is 0 Å². The van der Waals surface area contributed by atoms with Crippen LogP contribution in [-0.2, 0) is 0 Å². The van der Waals surface area contributed by atoms with E-state index in [1.165, 1.54) is 11.9 Å². The van der Waals surface area contributed by atoms with E-state index in [1.54, 1.807) is 0 Å². The van der Waals surface area contributed by atoms with Crippen LogP contribution < -0.4 is 10.2 Å². The summed E-state index contributed by atoms with van der Waals surface area (Å²) in [6.07, 6.45) is 1.97. The molecule has 0 saturated heterocycles. The second kappa shape index (κ2) is 6.53. The van der Waals surface area contributed by atoms with Gasteiger partial charge in [0.25, 0.3) is 0 Å². The molecule has 0 aliphatic heterocycles. The summed E-state index contributed by atoms with van der Waals surface area (Å²) in [6, 6.07) is 12.2. The molecule has 1 heterocycles. The number of benzene rings is 1. The molecule has 0 spiro atoms. The second-order valence-electron chi connectivity index (χ2n) is 4.49. The Morgan fingerprint density at radius 3 is 2.70 bits per heavy atom. The molecule has 0 fully saturated rings. The zero-order valence-corrected chi connectivity index (χ0v) is 11.7. The Morgan fingerprint density at radius 2 is 2.00 bits per heavy atom. The third-order valence-electron chi connectivity index (χ3n) is 2.96. The van der Waals surface area contributed by atoms with Crippen LogP contribution in [0.25, 0.3) is 0 Å². The zero-order chi connectivity index (χ0) is 14.4. The van der Waals surface area contributed by atoms with Gasteiger partial charge in [-0.25, -0.2) is 9.97 Å². The molecule has 1 N–H and O–H groups in total. The van der Waals surface area contributed by atoms with Crippen molar-refractivity contribution in [3.63, 3.8) is 0 Å².